The number of alkyl halides is 3. The Morgan fingerprint density at radius 1 is 1.25 bits per heavy atom. The summed E-state index contributed by atoms with van der Waals surface area (Å²) in [5.41, 5.74) is 0. The number of hydrogen-bond donors (Lipinski definition) is 1. The third-order valence-corrected chi connectivity index (χ3v) is 3.06. The van der Waals surface area contributed by atoms with Gasteiger partial charge in [-0.15, -0.1) is 0 Å². The molecule has 0 saturated carbocycles. The molecule has 0 radical (unpaired) electrons. The highest BCUT2D eigenvalue weighted by molar-refractivity contribution is 7.09. The average molecular weight is 252 g/mol. The molecule has 0 amide bonds. The lowest BCUT2D eigenvalue weighted by atomic mass is 10.4. The summed E-state index contributed by atoms with van der Waals surface area (Å²) in [6, 6.07) is 0. The number of nitrogens with one attached hydrogen (secondary N) is 1. The number of rotatable bonds is 1. The van der Waals surface area contributed by atoms with Gasteiger partial charge >= 0.3 is 6.18 Å². The van der Waals surface area contributed by atoms with Crippen molar-refractivity contribution in [3.05, 3.63) is 5.82 Å². The molecule has 0 aromatic carbocycles. The van der Waals surface area contributed by atoms with Crippen molar-refractivity contribution < 1.29 is 13.2 Å². The first kappa shape index (κ1) is 11.6. The Kier molecular flexibility index (Phi) is 3.29. The van der Waals surface area contributed by atoms with Gasteiger partial charge in [0.25, 0.3) is 0 Å². The molecule has 0 aliphatic carbocycles. The van der Waals surface area contributed by atoms with Crippen LogP contribution in [0.4, 0.5) is 18.3 Å². The van der Waals surface area contributed by atoms with Crippen LogP contribution in [0.1, 0.15) is 12.2 Å². The van der Waals surface area contributed by atoms with Gasteiger partial charge in [-0.05, 0) is 13.0 Å². The number of nitrogens with zero attached hydrogens (tertiary/aromatic N) is 3. The van der Waals surface area contributed by atoms with Crippen LogP contribution in [0.3, 0.4) is 0 Å². The Morgan fingerprint density at radius 2 is 2.06 bits per heavy atom. The van der Waals surface area contributed by atoms with Crippen molar-refractivity contribution in [2.45, 2.75) is 12.6 Å². The zero-order chi connectivity index (χ0) is 11.6. The van der Waals surface area contributed by atoms with Crippen LogP contribution in [0.5, 0.6) is 0 Å². The normalized spacial score (nSPS) is 18.6. The van der Waals surface area contributed by atoms with E-state index in [-0.39, 0.29) is 0 Å². The van der Waals surface area contributed by atoms with Crippen molar-refractivity contribution in [3.63, 3.8) is 0 Å². The molecular formula is C8H11F3N4S. The maximum atomic E-state index is 12.3. The minimum atomic E-state index is -4.45. The molecule has 2 heterocycles. The monoisotopic (exact) mass is 252 g/mol. The van der Waals surface area contributed by atoms with Crippen molar-refractivity contribution in [1.82, 2.24) is 14.7 Å². The van der Waals surface area contributed by atoms with Gasteiger partial charge in [0, 0.05) is 31.2 Å². The molecule has 1 fully saturated rings. The zero-order valence-corrected chi connectivity index (χ0v) is 9.24. The Morgan fingerprint density at radius 3 is 2.75 bits per heavy atom. The Hall–Kier alpha value is -0.890. The van der Waals surface area contributed by atoms with Crippen molar-refractivity contribution in [1.29, 1.82) is 0 Å². The third kappa shape index (κ3) is 2.62. The van der Waals surface area contributed by atoms with Crippen LogP contribution in [-0.4, -0.2) is 35.5 Å². The average Bonchev–Trinajstić information content (AvgIpc) is 2.55. The molecule has 0 spiro atoms. The van der Waals surface area contributed by atoms with Crippen LogP contribution in [0.2, 0.25) is 0 Å². The second-order valence-corrected chi connectivity index (χ2v) is 4.22. The molecule has 1 aliphatic rings. The van der Waals surface area contributed by atoms with Gasteiger partial charge in [-0.1, -0.05) is 0 Å². The number of aromatic nitrogens is 2. The summed E-state index contributed by atoms with van der Waals surface area (Å²) in [4.78, 5) is 5.37. The van der Waals surface area contributed by atoms with Gasteiger partial charge in [-0.3, -0.25) is 0 Å². The highest BCUT2D eigenvalue weighted by atomic mass is 32.1. The number of halogens is 3. The van der Waals surface area contributed by atoms with E-state index in [1.165, 1.54) is 0 Å². The van der Waals surface area contributed by atoms with E-state index in [4.69, 9.17) is 0 Å². The van der Waals surface area contributed by atoms with Gasteiger partial charge in [0.05, 0.1) is 0 Å². The summed E-state index contributed by atoms with van der Waals surface area (Å²) < 4.78 is 40.2. The molecular weight excluding hydrogens is 241 g/mol. The first-order valence-corrected chi connectivity index (χ1v) is 5.71. The summed E-state index contributed by atoms with van der Waals surface area (Å²) in [5.74, 6) is -1.04. The highest BCUT2D eigenvalue weighted by Gasteiger charge is 2.36. The van der Waals surface area contributed by atoms with E-state index in [0.717, 1.165) is 37.6 Å². The van der Waals surface area contributed by atoms with E-state index < -0.39 is 12.0 Å². The predicted octanol–water partition coefficient (Wildman–Crippen LogP) is 1.36. The Bertz CT molecular complexity index is 343. The largest absolute Gasteiger partial charge is 0.452 e. The molecule has 1 N–H and O–H groups in total. The van der Waals surface area contributed by atoms with E-state index in [2.05, 4.69) is 14.7 Å². The quantitative estimate of drug-likeness (QED) is 0.819. The van der Waals surface area contributed by atoms with Gasteiger partial charge in [0.15, 0.2) is 0 Å². The van der Waals surface area contributed by atoms with Gasteiger partial charge < -0.3 is 10.2 Å². The summed E-state index contributed by atoms with van der Waals surface area (Å²) in [6.07, 6.45) is -3.54. The van der Waals surface area contributed by atoms with Gasteiger partial charge in [-0.2, -0.15) is 22.5 Å². The molecule has 2 rings (SSSR count). The summed E-state index contributed by atoms with van der Waals surface area (Å²) >= 11 is 0.809. The smallest absolute Gasteiger partial charge is 0.346 e. The minimum Gasteiger partial charge on any atom is -0.346 e. The molecule has 1 aliphatic heterocycles. The fraction of sp³-hybridized carbons (Fsp3) is 0.750. The number of hydrogen-bond acceptors (Lipinski definition) is 5. The lowest BCUT2D eigenvalue weighted by Gasteiger charge is -2.17. The van der Waals surface area contributed by atoms with E-state index in [1.807, 2.05) is 4.90 Å². The first-order chi connectivity index (χ1) is 7.57. The Labute approximate surface area is 94.6 Å². The molecule has 1 aromatic heterocycles. The standard InChI is InChI=1S/C8H11F3N4S/c9-8(10,11)6-13-7(16-14-6)15-4-1-2-12-3-5-15/h12H,1-5H2. The molecule has 1 saturated heterocycles. The summed E-state index contributed by atoms with van der Waals surface area (Å²) in [7, 11) is 0. The van der Waals surface area contributed by atoms with Crippen LogP contribution in [0, 0.1) is 0 Å². The van der Waals surface area contributed by atoms with E-state index in [9.17, 15) is 13.2 Å². The van der Waals surface area contributed by atoms with Crippen LogP contribution >= 0.6 is 11.5 Å². The lowest BCUT2D eigenvalue weighted by Crippen LogP contribution is -2.27. The van der Waals surface area contributed by atoms with Crippen LogP contribution in [0.25, 0.3) is 0 Å². The van der Waals surface area contributed by atoms with E-state index >= 15 is 0 Å². The maximum Gasteiger partial charge on any atom is 0.452 e. The van der Waals surface area contributed by atoms with Crippen LogP contribution in [-0.2, 0) is 6.18 Å². The van der Waals surface area contributed by atoms with Gasteiger partial charge in [0.2, 0.25) is 11.0 Å². The summed E-state index contributed by atoms with van der Waals surface area (Å²) in [5, 5.41) is 3.53. The fourth-order valence-corrected chi connectivity index (χ4v) is 2.23. The molecule has 8 heteroatoms. The predicted molar refractivity (Wildman–Crippen MR) is 54.6 cm³/mol. The van der Waals surface area contributed by atoms with Crippen LogP contribution in [0.15, 0.2) is 0 Å². The molecule has 16 heavy (non-hydrogen) atoms. The molecule has 0 bridgehead atoms. The SMILES string of the molecule is FC(F)(F)c1nsc(N2CCCNCC2)n1. The van der Waals surface area contributed by atoms with E-state index in [0.29, 0.717) is 11.7 Å². The van der Waals surface area contributed by atoms with E-state index in [1.54, 1.807) is 0 Å². The number of anilines is 1. The summed E-state index contributed by atoms with van der Waals surface area (Å²) in [6.45, 7) is 3.05. The second kappa shape index (κ2) is 4.54. The maximum absolute atomic E-state index is 12.3. The molecule has 4 nitrogen and oxygen atoms in total. The van der Waals surface area contributed by atoms with Crippen LogP contribution < -0.4 is 10.2 Å². The zero-order valence-electron chi connectivity index (χ0n) is 8.42. The lowest BCUT2D eigenvalue weighted by molar-refractivity contribution is -0.144. The van der Waals surface area contributed by atoms with Crippen molar-refractivity contribution in [2.75, 3.05) is 31.1 Å². The topological polar surface area (TPSA) is 41.1 Å². The highest BCUT2D eigenvalue weighted by Crippen LogP contribution is 2.30. The van der Waals surface area contributed by atoms with Crippen molar-refractivity contribution in [2.24, 2.45) is 0 Å². The van der Waals surface area contributed by atoms with Crippen molar-refractivity contribution in [3.8, 4) is 0 Å². The second-order valence-electron chi connectivity index (χ2n) is 3.49. The fourth-order valence-electron chi connectivity index (χ4n) is 1.50. The van der Waals surface area contributed by atoms with Crippen molar-refractivity contribution >= 4 is 16.7 Å². The van der Waals surface area contributed by atoms with Gasteiger partial charge in [0.1, 0.15) is 0 Å². The molecule has 0 unspecified atom stereocenters. The first-order valence-electron chi connectivity index (χ1n) is 4.94. The molecule has 1 aromatic rings. The molecule has 0 atom stereocenters. The van der Waals surface area contributed by atoms with Gasteiger partial charge in [-0.25, -0.2) is 0 Å². The third-order valence-electron chi connectivity index (χ3n) is 2.28. The Balaban J connectivity index is 2.11. The minimum absolute atomic E-state index is 0.357. The molecule has 90 valence electrons.